The lowest BCUT2D eigenvalue weighted by atomic mass is 10.1. The summed E-state index contributed by atoms with van der Waals surface area (Å²) in [5, 5.41) is 12.8. The molecule has 0 bridgehead atoms. The standard InChI is InChI=1S/C17H23NO5/c1-22-14-10-6-9-13(16(14)20)17(21)23-11-15(19)18-12-7-4-2-3-5-8-12/h6,9-10,12,20H,2-5,7-8,11H2,1H3,(H,18,19). The normalized spacial score (nSPS) is 15.5. The fraction of sp³-hybridized carbons (Fsp3) is 0.529. The number of nitrogens with one attached hydrogen (secondary N) is 1. The zero-order valence-corrected chi connectivity index (χ0v) is 13.3. The van der Waals surface area contributed by atoms with Crippen LogP contribution < -0.4 is 10.1 Å². The van der Waals surface area contributed by atoms with Crippen molar-refractivity contribution in [3.05, 3.63) is 23.8 Å². The molecule has 6 heteroatoms. The minimum Gasteiger partial charge on any atom is -0.504 e. The number of benzene rings is 1. The minimum atomic E-state index is -0.752. The van der Waals surface area contributed by atoms with Gasteiger partial charge in [-0.3, -0.25) is 4.79 Å². The van der Waals surface area contributed by atoms with Crippen molar-refractivity contribution in [2.75, 3.05) is 13.7 Å². The third-order valence-corrected chi connectivity index (χ3v) is 3.99. The van der Waals surface area contributed by atoms with E-state index in [0.717, 1.165) is 25.7 Å². The van der Waals surface area contributed by atoms with Crippen molar-refractivity contribution in [1.82, 2.24) is 5.32 Å². The summed E-state index contributed by atoms with van der Waals surface area (Å²) in [5.41, 5.74) is -0.0217. The van der Waals surface area contributed by atoms with Gasteiger partial charge in [-0.05, 0) is 25.0 Å². The molecule has 0 aromatic heterocycles. The molecule has 23 heavy (non-hydrogen) atoms. The van der Waals surface area contributed by atoms with Crippen LogP contribution in [-0.4, -0.2) is 36.7 Å². The zero-order chi connectivity index (χ0) is 16.7. The van der Waals surface area contributed by atoms with Crippen LogP contribution in [0.3, 0.4) is 0 Å². The number of aromatic hydroxyl groups is 1. The number of para-hydroxylation sites is 1. The Balaban J connectivity index is 1.85. The molecule has 1 aromatic carbocycles. The van der Waals surface area contributed by atoms with E-state index in [2.05, 4.69) is 5.32 Å². The number of hydrogen-bond acceptors (Lipinski definition) is 5. The van der Waals surface area contributed by atoms with E-state index in [4.69, 9.17) is 9.47 Å². The molecular weight excluding hydrogens is 298 g/mol. The van der Waals surface area contributed by atoms with Gasteiger partial charge in [0.15, 0.2) is 18.1 Å². The molecule has 1 aliphatic rings. The van der Waals surface area contributed by atoms with Crippen molar-refractivity contribution in [2.45, 2.75) is 44.6 Å². The van der Waals surface area contributed by atoms with E-state index < -0.39 is 5.97 Å². The van der Waals surface area contributed by atoms with Gasteiger partial charge in [-0.15, -0.1) is 0 Å². The maximum absolute atomic E-state index is 12.0. The number of hydrogen-bond donors (Lipinski definition) is 2. The molecule has 1 fully saturated rings. The third-order valence-electron chi connectivity index (χ3n) is 3.99. The van der Waals surface area contributed by atoms with Gasteiger partial charge in [0.1, 0.15) is 5.56 Å². The van der Waals surface area contributed by atoms with Crippen molar-refractivity contribution in [3.63, 3.8) is 0 Å². The monoisotopic (exact) mass is 321 g/mol. The van der Waals surface area contributed by atoms with Gasteiger partial charge in [0, 0.05) is 6.04 Å². The Bertz CT molecular complexity index is 550. The first-order chi connectivity index (χ1) is 11.1. The summed E-state index contributed by atoms with van der Waals surface area (Å²) in [7, 11) is 1.39. The lowest BCUT2D eigenvalue weighted by Crippen LogP contribution is -2.37. The summed E-state index contributed by atoms with van der Waals surface area (Å²) in [6.45, 7) is -0.355. The Kier molecular flexibility index (Phi) is 6.26. The number of ether oxygens (including phenoxy) is 2. The van der Waals surface area contributed by atoms with Gasteiger partial charge < -0.3 is 19.9 Å². The largest absolute Gasteiger partial charge is 0.504 e. The molecular formula is C17H23NO5. The van der Waals surface area contributed by atoms with Gasteiger partial charge in [0.05, 0.1) is 7.11 Å². The Hall–Kier alpha value is -2.24. The molecule has 2 rings (SSSR count). The second kappa shape index (κ2) is 8.41. The molecule has 0 saturated heterocycles. The van der Waals surface area contributed by atoms with Crippen LogP contribution in [0.4, 0.5) is 0 Å². The number of phenolic OH excluding ortho intramolecular Hbond substituents is 1. The highest BCUT2D eigenvalue weighted by atomic mass is 16.5. The van der Waals surface area contributed by atoms with Crippen LogP contribution in [0.5, 0.6) is 11.5 Å². The van der Waals surface area contributed by atoms with Crippen molar-refractivity contribution in [2.24, 2.45) is 0 Å². The number of carbonyl (C=O) groups is 2. The van der Waals surface area contributed by atoms with Crippen LogP contribution in [0, 0.1) is 0 Å². The molecule has 0 unspecified atom stereocenters. The smallest absolute Gasteiger partial charge is 0.342 e. The van der Waals surface area contributed by atoms with Gasteiger partial charge in [-0.1, -0.05) is 31.7 Å². The molecule has 0 radical (unpaired) electrons. The SMILES string of the molecule is COc1cccc(C(=O)OCC(=O)NC2CCCCCC2)c1O. The summed E-state index contributed by atoms with van der Waals surface area (Å²) >= 11 is 0. The molecule has 126 valence electrons. The highest BCUT2D eigenvalue weighted by Crippen LogP contribution is 2.29. The molecule has 1 aliphatic carbocycles. The van der Waals surface area contributed by atoms with E-state index in [-0.39, 0.29) is 35.6 Å². The third kappa shape index (κ3) is 4.87. The number of rotatable bonds is 5. The van der Waals surface area contributed by atoms with E-state index in [9.17, 15) is 14.7 Å². The number of phenols is 1. The maximum atomic E-state index is 12.0. The first-order valence-corrected chi connectivity index (χ1v) is 7.94. The van der Waals surface area contributed by atoms with Gasteiger partial charge >= 0.3 is 5.97 Å². The van der Waals surface area contributed by atoms with Gasteiger partial charge in [-0.2, -0.15) is 0 Å². The molecule has 1 saturated carbocycles. The predicted molar refractivity (Wildman–Crippen MR) is 84.6 cm³/mol. The number of amides is 1. The molecule has 0 spiro atoms. The maximum Gasteiger partial charge on any atom is 0.342 e. The topological polar surface area (TPSA) is 84.9 Å². The first-order valence-electron chi connectivity index (χ1n) is 7.94. The van der Waals surface area contributed by atoms with Crippen LogP contribution in [0.1, 0.15) is 48.9 Å². The van der Waals surface area contributed by atoms with Crippen molar-refractivity contribution in [3.8, 4) is 11.5 Å². The highest BCUT2D eigenvalue weighted by molar-refractivity contribution is 5.94. The Labute approximate surface area is 135 Å². The second-order valence-electron chi connectivity index (χ2n) is 5.69. The average Bonchev–Trinajstić information content (AvgIpc) is 2.81. The van der Waals surface area contributed by atoms with E-state index >= 15 is 0 Å². The molecule has 2 N–H and O–H groups in total. The van der Waals surface area contributed by atoms with Crippen molar-refractivity contribution < 1.29 is 24.2 Å². The molecule has 0 atom stereocenters. The second-order valence-corrected chi connectivity index (χ2v) is 5.69. The van der Waals surface area contributed by atoms with E-state index in [0.29, 0.717) is 0 Å². The summed E-state index contributed by atoms with van der Waals surface area (Å²) < 4.78 is 9.91. The highest BCUT2D eigenvalue weighted by Gasteiger charge is 2.19. The fourth-order valence-corrected chi connectivity index (χ4v) is 2.75. The van der Waals surface area contributed by atoms with Crippen LogP contribution in [0.2, 0.25) is 0 Å². The summed E-state index contributed by atoms with van der Waals surface area (Å²) in [6, 6.07) is 4.68. The number of methoxy groups -OCH3 is 1. The van der Waals surface area contributed by atoms with Crippen LogP contribution in [0.15, 0.2) is 18.2 Å². The van der Waals surface area contributed by atoms with E-state index in [1.165, 1.54) is 32.1 Å². The van der Waals surface area contributed by atoms with E-state index in [1.54, 1.807) is 6.07 Å². The van der Waals surface area contributed by atoms with E-state index in [1.807, 2.05) is 0 Å². The van der Waals surface area contributed by atoms with Crippen molar-refractivity contribution >= 4 is 11.9 Å². The Morgan fingerprint density at radius 2 is 1.91 bits per heavy atom. The molecule has 1 aromatic rings. The summed E-state index contributed by atoms with van der Waals surface area (Å²) in [5.74, 6) is -1.17. The quantitative estimate of drug-likeness (QED) is 0.642. The summed E-state index contributed by atoms with van der Waals surface area (Å²) in [6.07, 6.45) is 6.57. The zero-order valence-electron chi connectivity index (χ0n) is 13.3. The Morgan fingerprint density at radius 3 is 2.57 bits per heavy atom. The number of esters is 1. The van der Waals surface area contributed by atoms with Crippen LogP contribution in [-0.2, 0) is 9.53 Å². The Morgan fingerprint density at radius 1 is 1.22 bits per heavy atom. The number of carbonyl (C=O) groups excluding carboxylic acids is 2. The predicted octanol–water partition coefficient (Wildman–Crippen LogP) is 2.40. The lowest BCUT2D eigenvalue weighted by Gasteiger charge is -2.16. The van der Waals surface area contributed by atoms with Crippen LogP contribution >= 0.6 is 0 Å². The average molecular weight is 321 g/mol. The molecule has 0 aliphatic heterocycles. The van der Waals surface area contributed by atoms with Crippen LogP contribution in [0.25, 0.3) is 0 Å². The van der Waals surface area contributed by atoms with Gasteiger partial charge in [0.25, 0.3) is 5.91 Å². The lowest BCUT2D eigenvalue weighted by molar-refractivity contribution is -0.125. The molecule has 1 amide bonds. The molecule has 6 nitrogen and oxygen atoms in total. The van der Waals surface area contributed by atoms with Gasteiger partial charge in [-0.25, -0.2) is 4.79 Å². The van der Waals surface area contributed by atoms with Crippen molar-refractivity contribution in [1.29, 1.82) is 0 Å². The van der Waals surface area contributed by atoms with Gasteiger partial charge in [0.2, 0.25) is 0 Å². The minimum absolute atomic E-state index is 0.0217. The molecule has 0 heterocycles. The summed E-state index contributed by atoms with van der Waals surface area (Å²) in [4.78, 5) is 23.9. The first kappa shape index (κ1) is 17.1. The fourth-order valence-electron chi connectivity index (χ4n) is 2.75.